The Bertz CT molecular complexity index is 447. The molecule has 0 bridgehead atoms. The Kier molecular flexibility index (Phi) is 3.40. The van der Waals surface area contributed by atoms with Gasteiger partial charge in [-0.1, -0.05) is 49.1 Å². The van der Waals surface area contributed by atoms with Crippen LogP contribution >= 0.6 is 0 Å². The average Bonchev–Trinajstić information content (AvgIpc) is 2.48. The highest BCUT2D eigenvalue weighted by Crippen LogP contribution is 2.28. The van der Waals surface area contributed by atoms with Crippen LogP contribution in [0.25, 0.3) is 0 Å². The summed E-state index contributed by atoms with van der Waals surface area (Å²) >= 11 is 0. The molecule has 0 heteroatoms. The summed E-state index contributed by atoms with van der Waals surface area (Å²) in [5.41, 5.74) is 5.85. The Morgan fingerprint density at radius 2 is 1.81 bits per heavy atom. The molecule has 0 saturated heterocycles. The van der Waals surface area contributed by atoms with Crippen molar-refractivity contribution in [2.75, 3.05) is 0 Å². The quantitative estimate of drug-likeness (QED) is 0.608. The topological polar surface area (TPSA) is 0 Å². The number of hydrogen-bond donors (Lipinski definition) is 0. The van der Waals surface area contributed by atoms with Crippen LogP contribution in [0.1, 0.15) is 24.5 Å². The van der Waals surface area contributed by atoms with Crippen molar-refractivity contribution in [3.05, 3.63) is 71.3 Å². The second kappa shape index (κ2) is 4.98. The van der Waals surface area contributed by atoms with E-state index in [0.717, 1.165) is 19.3 Å². The minimum Gasteiger partial charge on any atom is -0.0991 e. The van der Waals surface area contributed by atoms with E-state index in [2.05, 4.69) is 49.9 Å². The first-order valence-corrected chi connectivity index (χ1v) is 5.89. The van der Waals surface area contributed by atoms with Crippen molar-refractivity contribution >= 4 is 0 Å². The molecule has 1 aliphatic carbocycles. The van der Waals surface area contributed by atoms with Crippen LogP contribution < -0.4 is 0 Å². The zero-order valence-electron chi connectivity index (χ0n) is 9.87. The molecule has 0 saturated carbocycles. The van der Waals surface area contributed by atoms with E-state index in [4.69, 9.17) is 0 Å². The minimum atomic E-state index is 1.04. The first kappa shape index (κ1) is 10.9. The molecule has 1 aromatic rings. The van der Waals surface area contributed by atoms with E-state index < -0.39 is 0 Å². The molecule has 0 fully saturated rings. The van der Waals surface area contributed by atoms with Crippen LogP contribution in [0.4, 0.5) is 0 Å². The largest absolute Gasteiger partial charge is 0.0991 e. The van der Waals surface area contributed by atoms with Crippen molar-refractivity contribution in [1.29, 1.82) is 0 Å². The van der Waals surface area contributed by atoms with E-state index >= 15 is 0 Å². The van der Waals surface area contributed by atoms with E-state index in [-0.39, 0.29) is 0 Å². The Morgan fingerprint density at radius 1 is 1.06 bits per heavy atom. The summed E-state index contributed by atoms with van der Waals surface area (Å²) in [5, 5.41) is 0. The van der Waals surface area contributed by atoms with E-state index in [9.17, 15) is 0 Å². The molecule has 2 rings (SSSR count). The fourth-order valence-corrected chi connectivity index (χ4v) is 2.36. The third kappa shape index (κ3) is 2.16. The molecule has 82 valence electrons. The third-order valence-corrected chi connectivity index (χ3v) is 3.24. The van der Waals surface area contributed by atoms with Crippen LogP contribution in [0.15, 0.2) is 60.2 Å². The monoisotopic (exact) mass is 210 g/mol. The summed E-state index contributed by atoms with van der Waals surface area (Å²) < 4.78 is 0. The first-order chi connectivity index (χ1) is 7.85. The van der Waals surface area contributed by atoms with Gasteiger partial charge in [-0.05, 0) is 48.5 Å². The van der Waals surface area contributed by atoms with Crippen LogP contribution in [-0.2, 0) is 12.8 Å². The van der Waals surface area contributed by atoms with Crippen molar-refractivity contribution in [2.45, 2.75) is 26.2 Å². The smallest absolute Gasteiger partial charge is 0.00204 e. The van der Waals surface area contributed by atoms with Crippen LogP contribution in [0.2, 0.25) is 0 Å². The standard InChI is InChI=1S/C16H18/c1-3-7-15-12-16-9-6-5-8-14(16)11-10-13(15)4-2/h3-9H,1,10-12H2,2H3/b13-4-,15-7-. The van der Waals surface area contributed by atoms with Gasteiger partial charge < -0.3 is 0 Å². The average molecular weight is 210 g/mol. The van der Waals surface area contributed by atoms with Crippen molar-refractivity contribution in [2.24, 2.45) is 0 Å². The second-order valence-corrected chi connectivity index (χ2v) is 4.19. The highest BCUT2D eigenvalue weighted by molar-refractivity contribution is 5.43. The van der Waals surface area contributed by atoms with Gasteiger partial charge in [0, 0.05) is 0 Å². The third-order valence-electron chi connectivity index (χ3n) is 3.24. The molecule has 0 spiro atoms. The maximum absolute atomic E-state index is 3.81. The number of fused-ring (bicyclic) bond motifs is 1. The van der Waals surface area contributed by atoms with Gasteiger partial charge in [-0.3, -0.25) is 0 Å². The molecule has 0 aliphatic heterocycles. The maximum atomic E-state index is 3.81. The second-order valence-electron chi connectivity index (χ2n) is 4.19. The maximum Gasteiger partial charge on any atom is -0.00204 e. The molecule has 0 aromatic heterocycles. The lowest BCUT2D eigenvalue weighted by Crippen LogP contribution is -1.92. The molecule has 16 heavy (non-hydrogen) atoms. The SMILES string of the molecule is C=C/C=C1/Cc2ccccc2CC/C1=C/C. The fourth-order valence-electron chi connectivity index (χ4n) is 2.36. The van der Waals surface area contributed by atoms with Gasteiger partial charge in [0.15, 0.2) is 0 Å². The van der Waals surface area contributed by atoms with Gasteiger partial charge >= 0.3 is 0 Å². The lowest BCUT2D eigenvalue weighted by Gasteiger charge is -2.07. The zero-order chi connectivity index (χ0) is 11.4. The van der Waals surface area contributed by atoms with Crippen molar-refractivity contribution < 1.29 is 0 Å². The van der Waals surface area contributed by atoms with Gasteiger partial charge in [-0.2, -0.15) is 0 Å². The minimum absolute atomic E-state index is 1.04. The Labute approximate surface area is 98.0 Å². The summed E-state index contributed by atoms with van der Waals surface area (Å²) in [7, 11) is 0. The molecular weight excluding hydrogens is 192 g/mol. The number of hydrogen-bond acceptors (Lipinski definition) is 0. The molecule has 0 amide bonds. The molecular formula is C16H18. The summed E-state index contributed by atoms with van der Waals surface area (Å²) in [4.78, 5) is 0. The predicted octanol–water partition coefficient (Wildman–Crippen LogP) is 4.23. The van der Waals surface area contributed by atoms with Gasteiger partial charge in [0.25, 0.3) is 0 Å². The van der Waals surface area contributed by atoms with Gasteiger partial charge in [-0.25, -0.2) is 0 Å². The Morgan fingerprint density at radius 3 is 2.50 bits per heavy atom. The molecule has 0 heterocycles. The molecule has 1 aromatic carbocycles. The molecule has 0 N–H and O–H groups in total. The molecule has 0 atom stereocenters. The molecule has 0 unspecified atom stereocenters. The normalized spacial score (nSPS) is 20.6. The lowest BCUT2D eigenvalue weighted by molar-refractivity contribution is 0.964. The van der Waals surface area contributed by atoms with Gasteiger partial charge in [0.1, 0.15) is 0 Å². The van der Waals surface area contributed by atoms with Crippen molar-refractivity contribution in [1.82, 2.24) is 0 Å². The summed E-state index contributed by atoms with van der Waals surface area (Å²) in [5.74, 6) is 0. The molecule has 0 radical (unpaired) electrons. The lowest BCUT2D eigenvalue weighted by atomic mass is 9.98. The van der Waals surface area contributed by atoms with Gasteiger partial charge in [-0.15, -0.1) is 0 Å². The highest BCUT2D eigenvalue weighted by Gasteiger charge is 2.13. The highest BCUT2D eigenvalue weighted by atomic mass is 14.2. The summed E-state index contributed by atoms with van der Waals surface area (Å²) in [6.07, 6.45) is 9.63. The zero-order valence-corrected chi connectivity index (χ0v) is 9.87. The summed E-state index contributed by atoms with van der Waals surface area (Å²) in [6, 6.07) is 8.76. The first-order valence-electron chi connectivity index (χ1n) is 5.89. The summed E-state index contributed by atoms with van der Waals surface area (Å²) in [6.45, 7) is 5.93. The molecule has 0 nitrogen and oxygen atoms in total. The molecule has 1 aliphatic rings. The fraction of sp³-hybridized carbons (Fsp3) is 0.250. The number of benzene rings is 1. The van der Waals surface area contributed by atoms with E-state index in [1.165, 1.54) is 22.3 Å². The van der Waals surface area contributed by atoms with Crippen molar-refractivity contribution in [3.8, 4) is 0 Å². The number of aryl methyl sites for hydroxylation is 1. The number of rotatable bonds is 1. The Hall–Kier alpha value is -1.56. The van der Waals surface area contributed by atoms with Gasteiger partial charge in [0.2, 0.25) is 0 Å². The van der Waals surface area contributed by atoms with E-state index in [1.54, 1.807) is 0 Å². The van der Waals surface area contributed by atoms with E-state index in [1.807, 2.05) is 6.08 Å². The number of allylic oxidation sites excluding steroid dienone is 5. The van der Waals surface area contributed by atoms with Crippen LogP contribution in [-0.4, -0.2) is 0 Å². The van der Waals surface area contributed by atoms with Crippen LogP contribution in [0.3, 0.4) is 0 Å². The Balaban J connectivity index is 2.42. The van der Waals surface area contributed by atoms with Crippen LogP contribution in [0, 0.1) is 0 Å². The van der Waals surface area contributed by atoms with Crippen LogP contribution in [0.5, 0.6) is 0 Å². The van der Waals surface area contributed by atoms with Crippen molar-refractivity contribution in [3.63, 3.8) is 0 Å². The van der Waals surface area contributed by atoms with Gasteiger partial charge in [0.05, 0.1) is 0 Å². The predicted molar refractivity (Wildman–Crippen MR) is 70.5 cm³/mol. The van der Waals surface area contributed by atoms with E-state index in [0.29, 0.717) is 0 Å².